The number of aromatic nitrogens is 4. The Morgan fingerprint density at radius 3 is 2.88 bits per heavy atom. The summed E-state index contributed by atoms with van der Waals surface area (Å²) in [5.41, 5.74) is 3.17. The number of aromatic amines is 1. The quantitative estimate of drug-likeness (QED) is 0.732. The van der Waals surface area contributed by atoms with Crippen LogP contribution in [0.5, 0.6) is 0 Å². The molecule has 2 aromatic heterocycles. The van der Waals surface area contributed by atoms with Gasteiger partial charge in [-0.3, -0.25) is 14.9 Å². The Labute approximate surface area is 149 Å². The van der Waals surface area contributed by atoms with Crippen molar-refractivity contribution in [2.75, 3.05) is 11.4 Å². The van der Waals surface area contributed by atoms with Crippen LogP contribution >= 0.6 is 11.8 Å². The van der Waals surface area contributed by atoms with Crippen LogP contribution in [0.15, 0.2) is 53.9 Å². The molecule has 1 aromatic carbocycles. The van der Waals surface area contributed by atoms with Gasteiger partial charge in [0.15, 0.2) is 5.82 Å². The number of hydrogen-bond donors (Lipinski definition) is 1. The normalized spacial score (nSPS) is 14.4. The van der Waals surface area contributed by atoms with E-state index in [1.165, 1.54) is 17.3 Å². The number of pyridine rings is 1. The largest absolute Gasteiger partial charge is 0.311 e. The van der Waals surface area contributed by atoms with Gasteiger partial charge in [-0.2, -0.15) is 0 Å². The summed E-state index contributed by atoms with van der Waals surface area (Å²) in [5.74, 6) is 0.765. The summed E-state index contributed by atoms with van der Waals surface area (Å²) in [7, 11) is 0. The van der Waals surface area contributed by atoms with Crippen molar-refractivity contribution in [3.8, 4) is 11.4 Å². The minimum atomic E-state index is -0.257. The number of anilines is 1. The van der Waals surface area contributed by atoms with E-state index in [0.29, 0.717) is 11.0 Å². The van der Waals surface area contributed by atoms with E-state index in [4.69, 9.17) is 0 Å². The van der Waals surface area contributed by atoms with E-state index < -0.39 is 0 Å². The van der Waals surface area contributed by atoms with Crippen molar-refractivity contribution in [3.05, 3.63) is 54.4 Å². The Morgan fingerprint density at radius 2 is 2.04 bits per heavy atom. The fourth-order valence-corrected chi connectivity index (χ4v) is 3.72. The highest BCUT2D eigenvalue weighted by atomic mass is 32.2. The second-order valence-corrected chi connectivity index (χ2v) is 7.14. The van der Waals surface area contributed by atoms with Crippen molar-refractivity contribution in [3.63, 3.8) is 0 Å². The standard InChI is InChI=1S/C18H17N5OS/c1-12(17(24)23-11-8-13-4-2-3-5-15(13)23)25-18-20-16(21-22-18)14-6-9-19-10-7-14/h2-7,9-10,12H,8,11H2,1H3,(H,20,21,22). The van der Waals surface area contributed by atoms with Gasteiger partial charge in [0.1, 0.15) is 0 Å². The monoisotopic (exact) mass is 351 g/mol. The molecule has 0 radical (unpaired) electrons. The van der Waals surface area contributed by atoms with Crippen LogP contribution < -0.4 is 4.90 Å². The molecule has 1 unspecified atom stereocenters. The minimum Gasteiger partial charge on any atom is -0.311 e. The molecule has 4 rings (SSSR count). The van der Waals surface area contributed by atoms with E-state index in [2.05, 4.69) is 26.2 Å². The lowest BCUT2D eigenvalue weighted by molar-refractivity contribution is -0.117. The highest BCUT2D eigenvalue weighted by molar-refractivity contribution is 8.00. The summed E-state index contributed by atoms with van der Waals surface area (Å²) in [5, 5.41) is 7.45. The number of fused-ring (bicyclic) bond motifs is 1. The molecule has 1 amide bonds. The maximum absolute atomic E-state index is 12.8. The Balaban J connectivity index is 1.47. The zero-order chi connectivity index (χ0) is 17.2. The third-order valence-corrected chi connectivity index (χ3v) is 5.15. The predicted molar refractivity (Wildman–Crippen MR) is 97.4 cm³/mol. The van der Waals surface area contributed by atoms with Crippen molar-refractivity contribution < 1.29 is 4.79 Å². The molecule has 0 aliphatic carbocycles. The first-order valence-corrected chi connectivity index (χ1v) is 8.99. The number of carbonyl (C=O) groups is 1. The lowest BCUT2D eigenvalue weighted by Crippen LogP contribution is -2.35. The second kappa shape index (κ2) is 6.68. The molecule has 126 valence electrons. The number of amides is 1. The number of hydrogen-bond acceptors (Lipinski definition) is 5. The molecular weight excluding hydrogens is 334 g/mol. The van der Waals surface area contributed by atoms with Crippen LogP contribution in [0.1, 0.15) is 12.5 Å². The minimum absolute atomic E-state index is 0.0882. The highest BCUT2D eigenvalue weighted by Gasteiger charge is 2.28. The summed E-state index contributed by atoms with van der Waals surface area (Å²) < 4.78 is 0. The number of nitrogens with one attached hydrogen (secondary N) is 1. The molecule has 3 aromatic rings. The summed E-state index contributed by atoms with van der Waals surface area (Å²) in [6, 6.07) is 11.8. The van der Waals surface area contributed by atoms with Gasteiger partial charge in [-0.25, -0.2) is 4.98 Å². The lowest BCUT2D eigenvalue weighted by atomic mass is 10.2. The summed E-state index contributed by atoms with van der Waals surface area (Å²) >= 11 is 1.37. The van der Waals surface area contributed by atoms with Gasteiger partial charge < -0.3 is 4.90 Å². The van der Waals surface area contributed by atoms with Crippen molar-refractivity contribution in [2.45, 2.75) is 23.8 Å². The SMILES string of the molecule is CC(Sc1n[nH]c(-c2ccncc2)n1)C(=O)N1CCc2ccccc21. The van der Waals surface area contributed by atoms with Gasteiger partial charge in [0.2, 0.25) is 11.1 Å². The molecule has 25 heavy (non-hydrogen) atoms. The molecule has 0 saturated heterocycles. The number of thioether (sulfide) groups is 1. The molecule has 3 heterocycles. The number of carbonyl (C=O) groups excluding carboxylic acids is 1. The van der Waals surface area contributed by atoms with E-state index in [9.17, 15) is 4.79 Å². The van der Waals surface area contributed by atoms with Gasteiger partial charge in [0, 0.05) is 30.2 Å². The topological polar surface area (TPSA) is 74.8 Å². The molecule has 1 atom stereocenters. The molecule has 1 aliphatic rings. The molecule has 1 aliphatic heterocycles. The zero-order valence-electron chi connectivity index (χ0n) is 13.7. The summed E-state index contributed by atoms with van der Waals surface area (Å²) in [4.78, 5) is 23.2. The Hall–Kier alpha value is -2.67. The fraction of sp³-hybridized carbons (Fsp3) is 0.222. The Kier molecular flexibility index (Phi) is 4.23. The summed E-state index contributed by atoms with van der Waals surface area (Å²) in [6.45, 7) is 2.63. The highest BCUT2D eigenvalue weighted by Crippen LogP contribution is 2.31. The summed E-state index contributed by atoms with van der Waals surface area (Å²) in [6.07, 6.45) is 4.33. The first-order valence-electron chi connectivity index (χ1n) is 8.11. The first-order chi connectivity index (χ1) is 12.2. The van der Waals surface area contributed by atoms with E-state index in [1.807, 2.05) is 42.2 Å². The van der Waals surface area contributed by atoms with E-state index in [0.717, 1.165) is 24.2 Å². The molecule has 0 fully saturated rings. The average Bonchev–Trinajstić information content (AvgIpc) is 3.29. The van der Waals surface area contributed by atoms with Crippen LogP contribution in [0.2, 0.25) is 0 Å². The Morgan fingerprint density at radius 1 is 1.24 bits per heavy atom. The van der Waals surface area contributed by atoms with Crippen molar-refractivity contribution in [2.24, 2.45) is 0 Å². The molecule has 1 N–H and O–H groups in total. The first kappa shape index (κ1) is 15.8. The Bertz CT molecular complexity index is 895. The van der Waals surface area contributed by atoms with Crippen LogP contribution in [-0.4, -0.2) is 37.9 Å². The van der Waals surface area contributed by atoms with Gasteiger partial charge in [-0.1, -0.05) is 30.0 Å². The van der Waals surface area contributed by atoms with Crippen molar-refractivity contribution in [1.82, 2.24) is 20.2 Å². The van der Waals surface area contributed by atoms with Crippen LogP contribution in [0.25, 0.3) is 11.4 Å². The predicted octanol–water partition coefficient (Wildman–Crippen LogP) is 2.94. The van der Waals surface area contributed by atoms with Gasteiger partial charge >= 0.3 is 0 Å². The van der Waals surface area contributed by atoms with Gasteiger partial charge in [0.05, 0.1) is 5.25 Å². The fourth-order valence-electron chi connectivity index (χ4n) is 2.93. The third kappa shape index (κ3) is 3.15. The van der Waals surface area contributed by atoms with Crippen LogP contribution in [0.3, 0.4) is 0 Å². The van der Waals surface area contributed by atoms with Gasteiger partial charge in [-0.05, 0) is 37.1 Å². The number of para-hydroxylation sites is 1. The average molecular weight is 351 g/mol. The molecule has 7 heteroatoms. The van der Waals surface area contributed by atoms with E-state index in [-0.39, 0.29) is 11.2 Å². The molecule has 0 bridgehead atoms. The number of nitrogens with zero attached hydrogens (tertiary/aromatic N) is 4. The smallest absolute Gasteiger partial charge is 0.240 e. The molecular formula is C18H17N5OS. The number of benzene rings is 1. The van der Waals surface area contributed by atoms with Crippen LogP contribution in [-0.2, 0) is 11.2 Å². The molecule has 6 nitrogen and oxygen atoms in total. The third-order valence-electron chi connectivity index (χ3n) is 4.20. The van der Waals surface area contributed by atoms with Crippen molar-refractivity contribution in [1.29, 1.82) is 0 Å². The lowest BCUT2D eigenvalue weighted by Gasteiger charge is -2.20. The zero-order valence-corrected chi connectivity index (χ0v) is 14.5. The van der Waals surface area contributed by atoms with Gasteiger partial charge in [0.25, 0.3) is 0 Å². The molecule has 0 saturated carbocycles. The van der Waals surface area contributed by atoms with E-state index >= 15 is 0 Å². The maximum Gasteiger partial charge on any atom is 0.240 e. The number of H-pyrrole nitrogens is 1. The molecule has 0 spiro atoms. The van der Waals surface area contributed by atoms with Crippen LogP contribution in [0, 0.1) is 0 Å². The van der Waals surface area contributed by atoms with Crippen LogP contribution in [0.4, 0.5) is 5.69 Å². The van der Waals surface area contributed by atoms with E-state index in [1.54, 1.807) is 12.4 Å². The van der Waals surface area contributed by atoms with Crippen molar-refractivity contribution >= 4 is 23.4 Å². The van der Waals surface area contributed by atoms with Gasteiger partial charge in [-0.15, -0.1) is 5.10 Å². The second-order valence-electron chi connectivity index (χ2n) is 5.83. The number of rotatable bonds is 4. The maximum atomic E-state index is 12.8.